The third-order valence-corrected chi connectivity index (χ3v) is 4.33. The Hall–Kier alpha value is -1.60. The van der Waals surface area contributed by atoms with Gasteiger partial charge in [-0.25, -0.2) is 0 Å². The van der Waals surface area contributed by atoms with Crippen LogP contribution in [-0.2, 0) is 9.59 Å². The van der Waals surface area contributed by atoms with Gasteiger partial charge in [-0.05, 0) is 31.2 Å². The zero-order chi connectivity index (χ0) is 16.1. The Morgan fingerprint density at radius 2 is 1.82 bits per heavy atom. The molecule has 1 heterocycles. The fourth-order valence-electron chi connectivity index (χ4n) is 2.31. The predicted octanol–water partition coefficient (Wildman–Crippen LogP) is 0.846. The van der Waals surface area contributed by atoms with E-state index in [0.29, 0.717) is 31.9 Å². The van der Waals surface area contributed by atoms with Gasteiger partial charge in [0.05, 0.1) is 6.04 Å². The Balaban J connectivity index is 1.77. The van der Waals surface area contributed by atoms with Gasteiger partial charge in [-0.2, -0.15) is 0 Å². The maximum Gasteiger partial charge on any atom is 0.260 e. The number of amides is 2. The quantitative estimate of drug-likeness (QED) is 0.834. The molecule has 1 unspecified atom stereocenters. The Labute approximate surface area is 138 Å². The minimum Gasteiger partial charge on any atom is -0.484 e. The van der Waals surface area contributed by atoms with E-state index in [-0.39, 0.29) is 24.5 Å². The van der Waals surface area contributed by atoms with E-state index in [1.807, 2.05) is 29.2 Å². The van der Waals surface area contributed by atoms with E-state index < -0.39 is 0 Å². The Morgan fingerprint density at radius 1 is 1.23 bits per heavy atom. The lowest BCUT2D eigenvalue weighted by molar-refractivity contribution is -0.135. The van der Waals surface area contributed by atoms with Gasteiger partial charge >= 0.3 is 0 Å². The number of ether oxygens (including phenoxy) is 1. The lowest BCUT2D eigenvalue weighted by Gasteiger charge is -2.36. The summed E-state index contributed by atoms with van der Waals surface area (Å²) in [5, 5.41) is 0. The molecule has 0 bridgehead atoms. The summed E-state index contributed by atoms with van der Waals surface area (Å²) < 4.78 is 6.45. The lowest BCUT2D eigenvalue weighted by Crippen LogP contribution is -2.54. The number of carbonyl (C=O) groups excluding carboxylic acids is 2. The van der Waals surface area contributed by atoms with Crippen LogP contribution in [0.4, 0.5) is 0 Å². The number of primary amides is 1. The van der Waals surface area contributed by atoms with Crippen molar-refractivity contribution in [3.8, 4) is 5.75 Å². The molecule has 1 aromatic carbocycles. The molecular weight excluding hydrogens is 350 g/mol. The minimum atomic E-state index is -0.335. The highest BCUT2D eigenvalue weighted by molar-refractivity contribution is 9.10. The van der Waals surface area contributed by atoms with Gasteiger partial charge < -0.3 is 15.4 Å². The van der Waals surface area contributed by atoms with Crippen LogP contribution in [0.3, 0.4) is 0 Å². The smallest absolute Gasteiger partial charge is 0.260 e. The van der Waals surface area contributed by atoms with Crippen LogP contribution in [-0.4, -0.2) is 60.4 Å². The van der Waals surface area contributed by atoms with E-state index in [4.69, 9.17) is 10.5 Å². The highest BCUT2D eigenvalue weighted by Gasteiger charge is 2.26. The van der Waals surface area contributed by atoms with Crippen LogP contribution in [0.2, 0.25) is 0 Å². The molecule has 1 aliphatic heterocycles. The molecule has 1 fully saturated rings. The third-order valence-electron chi connectivity index (χ3n) is 3.80. The fraction of sp³-hybridized carbons (Fsp3) is 0.467. The van der Waals surface area contributed by atoms with E-state index in [1.165, 1.54) is 0 Å². The Morgan fingerprint density at radius 3 is 2.36 bits per heavy atom. The number of hydrogen-bond donors (Lipinski definition) is 1. The summed E-state index contributed by atoms with van der Waals surface area (Å²) in [6, 6.07) is 7.05. The fourth-order valence-corrected chi connectivity index (χ4v) is 2.57. The molecule has 6 nitrogen and oxygen atoms in total. The van der Waals surface area contributed by atoms with Crippen LogP contribution >= 0.6 is 15.9 Å². The summed E-state index contributed by atoms with van der Waals surface area (Å²) in [6.45, 7) is 4.27. The van der Waals surface area contributed by atoms with Crippen LogP contribution in [0, 0.1) is 0 Å². The van der Waals surface area contributed by atoms with E-state index in [9.17, 15) is 9.59 Å². The molecule has 1 saturated heterocycles. The summed E-state index contributed by atoms with van der Waals surface area (Å²) in [6.07, 6.45) is 0. The maximum atomic E-state index is 12.1. The number of piperazine rings is 1. The van der Waals surface area contributed by atoms with Crippen molar-refractivity contribution in [2.75, 3.05) is 32.8 Å². The molecule has 2 rings (SSSR count). The summed E-state index contributed by atoms with van der Waals surface area (Å²) >= 11 is 3.35. The topological polar surface area (TPSA) is 75.9 Å². The first-order valence-electron chi connectivity index (χ1n) is 7.17. The second-order valence-corrected chi connectivity index (χ2v) is 6.15. The third kappa shape index (κ3) is 4.45. The first-order valence-corrected chi connectivity index (χ1v) is 7.96. The highest BCUT2D eigenvalue weighted by atomic mass is 79.9. The second-order valence-electron chi connectivity index (χ2n) is 5.24. The molecule has 120 valence electrons. The van der Waals surface area contributed by atoms with E-state index >= 15 is 0 Å². The molecule has 22 heavy (non-hydrogen) atoms. The number of rotatable bonds is 5. The lowest BCUT2D eigenvalue weighted by atomic mass is 10.2. The van der Waals surface area contributed by atoms with Gasteiger partial charge in [0.25, 0.3) is 5.91 Å². The van der Waals surface area contributed by atoms with Crippen molar-refractivity contribution in [3.05, 3.63) is 28.7 Å². The van der Waals surface area contributed by atoms with Crippen LogP contribution in [0.5, 0.6) is 5.75 Å². The molecule has 7 heteroatoms. The van der Waals surface area contributed by atoms with Crippen molar-refractivity contribution in [3.63, 3.8) is 0 Å². The van der Waals surface area contributed by atoms with Crippen molar-refractivity contribution in [1.82, 2.24) is 9.80 Å². The average Bonchev–Trinajstić information content (AvgIpc) is 2.53. The maximum absolute atomic E-state index is 12.1. The summed E-state index contributed by atoms with van der Waals surface area (Å²) in [7, 11) is 0. The van der Waals surface area contributed by atoms with Crippen molar-refractivity contribution in [1.29, 1.82) is 0 Å². The van der Waals surface area contributed by atoms with Crippen molar-refractivity contribution >= 4 is 27.7 Å². The first kappa shape index (κ1) is 16.8. The number of carbonyl (C=O) groups is 2. The second kappa shape index (κ2) is 7.60. The average molecular weight is 370 g/mol. The molecule has 1 atom stereocenters. The molecule has 2 N–H and O–H groups in total. The SMILES string of the molecule is CC(C(N)=O)N1CCN(C(=O)COc2ccc(Br)cc2)CC1. The summed E-state index contributed by atoms with van der Waals surface area (Å²) in [4.78, 5) is 27.0. The van der Waals surface area contributed by atoms with Gasteiger partial charge in [-0.1, -0.05) is 15.9 Å². The van der Waals surface area contributed by atoms with Crippen LogP contribution in [0.15, 0.2) is 28.7 Å². The molecule has 1 aromatic rings. The first-order chi connectivity index (χ1) is 10.5. The van der Waals surface area contributed by atoms with Gasteiger partial charge in [0.2, 0.25) is 5.91 Å². The number of benzene rings is 1. The van der Waals surface area contributed by atoms with Crippen LogP contribution < -0.4 is 10.5 Å². The molecule has 1 aliphatic rings. The van der Waals surface area contributed by atoms with Crippen LogP contribution in [0.1, 0.15) is 6.92 Å². The predicted molar refractivity (Wildman–Crippen MR) is 86.4 cm³/mol. The van der Waals surface area contributed by atoms with Gasteiger partial charge in [0.15, 0.2) is 6.61 Å². The summed E-state index contributed by atoms with van der Waals surface area (Å²) in [5.41, 5.74) is 5.30. The number of nitrogens with two attached hydrogens (primary N) is 1. The van der Waals surface area contributed by atoms with E-state index in [0.717, 1.165) is 4.47 Å². The molecule has 0 aromatic heterocycles. The largest absolute Gasteiger partial charge is 0.484 e. The zero-order valence-electron chi connectivity index (χ0n) is 12.5. The van der Waals surface area contributed by atoms with Crippen molar-refractivity contribution < 1.29 is 14.3 Å². The van der Waals surface area contributed by atoms with Crippen molar-refractivity contribution in [2.45, 2.75) is 13.0 Å². The Kier molecular flexibility index (Phi) is 5.79. The van der Waals surface area contributed by atoms with Gasteiger partial charge in [0, 0.05) is 30.7 Å². The number of nitrogens with zero attached hydrogens (tertiary/aromatic N) is 2. The minimum absolute atomic E-state index is 0.0208. The monoisotopic (exact) mass is 369 g/mol. The highest BCUT2D eigenvalue weighted by Crippen LogP contribution is 2.16. The molecule has 0 radical (unpaired) electrons. The molecule has 0 spiro atoms. The van der Waals surface area contributed by atoms with Gasteiger partial charge in [-0.15, -0.1) is 0 Å². The normalized spacial score (nSPS) is 17.1. The molecule has 2 amide bonds. The Bertz CT molecular complexity index is 527. The molecule has 0 aliphatic carbocycles. The number of halogens is 1. The number of hydrogen-bond acceptors (Lipinski definition) is 4. The molecule has 0 saturated carbocycles. The van der Waals surface area contributed by atoms with Crippen molar-refractivity contribution in [2.24, 2.45) is 5.73 Å². The zero-order valence-corrected chi connectivity index (χ0v) is 14.1. The van der Waals surface area contributed by atoms with E-state index in [1.54, 1.807) is 11.8 Å². The summed E-state index contributed by atoms with van der Waals surface area (Å²) in [5.74, 6) is 0.283. The standard InChI is InChI=1S/C15H20BrN3O3/c1-11(15(17)21)18-6-8-19(9-7-18)14(20)10-22-13-4-2-12(16)3-5-13/h2-5,11H,6-10H2,1H3,(H2,17,21). The van der Waals surface area contributed by atoms with Crippen LogP contribution in [0.25, 0.3) is 0 Å². The molecular formula is C15H20BrN3O3. The van der Waals surface area contributed by atoms with Gasteiger partial charge in [0.1, 0.15) is 5.75 Å². The van der Waals surface area contributed by atoms with Gasteiger partial charge in [-0.3, -0.25) is 14.5 Å². The van der Waals surface area contributed by atoms with E-state index in [2.05, 4.69) is 15.9 Å².